The van der Waals surface area contributed by atoms with Crippen LogP contribution in [-0.4, -0.2) is 30.0 Å². The number of benzene rings is 1. The Labute approximate surface area is 146 Å². The van der Waals surface area contributed by atoms with E-state index in [1.807, 2.05) is 18.5 Å². The van der Waals surface area contributed by atoms with Gasteiger partial charge < -0.3 is 10.2 Å². The van der Waals surface area contributed by atoms with Gasteiger partial charge in [-0.25, -0.2) is 0 Å². The van der Waals surface area contributed by atoms with Crippen LogP contribution in [0.15, 0.2) is 42.7 Å². The molecule has 2 atom stereocenters. The third-order valence-electron chi connectivity index (χ3n) is 5.21. The van der Waals surface area contributed by atoms with Crippen molar-refractivity contribution >= 4 is 5.69 Å². The van der Waals surface area contributed by atoms with Crippen LogP contribution in [0.2, 0.25) is 0 Å². The van der Waals surface area contributed by atoms with Crippen LogP contribution in [0, 0.1) is 12.8 Å². The molecule has 1 aliphatic heterocycles. The SMILES string of the molecule is Cc1ccc(NCc2cccnc2)c([C@@H]2CN(C)CCCC2C)c1. The lowest BCUT2D eigenvalue weighted by Gasteiger charge is -2.27. The number of aryl methyl sites for hydroxylation is 1. The molecule has 0 spiro atoms. The summed E-state index contributed by atoms with van der Waals surface area (Å²) in [6.45, 7) is 7.79. The van der Waals surface area contributed by atoms with Crippen molar-refractivity contribution in [2.24, 2.45) is 5.92 Å². The largest absolute Gasteiger partial charge is 0.381 e. The van der Waals surface area contributed by atoms with E-state index in [0.717, 1.165) is 19.0 Å². The number of likely N-dealkylation sites (N-methyl/N-ethyl adjacent to an activating group) is 1. The molecule has 1 aliphatic rings. The normalized spacial score (nSPS) is 22.1. The van der Waals surface area contributed by atoms with Crippen molar-refractivity contribution in [1.82, 2.24) is 9.88 Å². The van der Waals surface area contributed by atoms with Gasteiger partial charge in [0.2, 0.25) is 0 Å². The summed E-state index contributed by atoms with van der Waals surface area (Å²) in [6.07, 6.45) is 6.37. The maximum atomic E-state index is 4.21. The number of nitrogens with one attached hydrogen (secondary N) is 1. The Morgan fingerprint density at radius 2 is 2.17 bits per heavy atom. The molecular weight excluding hydrogens is 294 g/mol. The number of rotatable bonds is 4. The summed E-state index contributed by atoms with van der Waals surface area (Å²) < 4.78 is 0. The van der Waals surface area contributed by atoms with Crippen LogP contribution in [-0.2, 0) is 6.54 Å². The van der Waals surface area contributed by atoms with Gasteiger partial charge in [0, 0.05) is 37.1 Å². The number of pyridine rings is 1. The maximum absolute atomic E-state index is 4.21. The first-order valence-corrected chi connectivity index (χ1v) is 9.05. The van der Waals surface area contributed by atoms with E-state index in [2.05, 4.69) is 60.4 Å². The van der Waals surface area contributed by atoms with Crippen molar-refractivity contribution in [3.05, 3.63) is 59.4 Å². The highest BCUT2D eigenvalue weighted by Crippen LogP contribution is 2.36. The van der Waals surface area contributed by atoms with Crippen molar-refractivity contribution in [2.75, 3.05) is 25.5 Å². The van der Waals surface area contributed by atoms with Crippen molar-refractivity contribution in [3.8, 4) is 0 Å². The highest BCUT2D eigenvalue weighted by molar-refractivity contribution is 5.55. The Balaban J connectivity index is 1.84. The molecule has 2 aromatic rings. The average molecular weight is 323 g/mol. The number of hydrogen-bond donors (Lipinski definition) is 1. The molecule has 0 amide bonds. The fourth-order valence-corrected chi connectivity index (χ4v) is 3.75. The lowest BCUT2D eigenvalue weighted by molar-refractivity contribution is 0.319. The van der Waals surface area contributed by atoms with Crippen LogP contribution in [0.5, 0.6) is 0 Å². The zero-order chi connectivity index (χ0) is 16.9. The zero-order valence-electron chi connectivity index (χ0n) is 15.1. The summed E-state index contributed by atoms with van der Waals surface area (Å²) >= 11 is 0. The van der Waals surface area contributed by atoms with E-state index in [1.165, 1.54) is 41.8 Å². The van der Waals surface area contributed by atoms with E-state index < -0.39 is 0 Å². The molecule has 2 heterocycles. The number of likely N-dealkylation sites (tertiary alicyclic amines) is 1. The van der Waals surface area contributed by atoms with Gasteiger partial charge in [-0.1, -0.05) is 30.7 Å². The molecule has 0 saturated carbocycles. The lowest BCUT2D eigenvalue weighted by atomic mass is 9.83. The summed E-state index contributed by atoms with van der Waals surface area (Å²) in [5.74, 6) is 1.31. The van der Waals surface area contributed by atoms with E-state index in [9.17, 15) is 0 Å². The fourth-order valence-electron chi connectivity index (χ4n) is 3.75. The van der Waals surface area contributed by atoms with E-state index in [1.54, 1.807) is 0 Å². The average Bonchev–Trinajstić information content (AvgIpc) is 2.75. The topological polar surface area (TPSA) is 28.2 Å². The van der Waals surface area contributed by atoms with Crippen molar-refractivity contribution in [2.45, 2.75) is 39.2 Å². The summed E-state index contributed by atoms with van der Waals surface area (Å²) in [4.78, 5) is 6.70. The predicted molar refractivity (Wildman–Crippen MR) is 101 cm³/mol. The van der Waals surface area contributed by atoms with Crippen molar-refractivity contribution in [1.29, 1.82) is 0 Å². The van der Waals surface area contributed by atoms with E-state index in [0.29, 0.717) is 5.92 Å². The first-order valence-electron chi connectivity index (χ1n) is 9.05. The lowest BCUT2D eigenvalue weighted by Crippen LogP contribution is -2.25. The first-order chi connectivity index (χ1) is 11.6. The molecule has 1 unspecified atom stereocenters. The Morgan fingerprint density at radius 1 is 1.29 bits per heavy atom. The second kappa shape index (κ2) is 7.80. The molecule has 0 aliphatic carbocycles. The highest BCUT2D eigenvalue weighted by Gasteiger charge is 2.26. The molecule has 128 valence electrons. The van der Waals surface area contributed by atoms with Gasteiger partial charge in [-0.2, -0.15) is 0 Å². The highest BCUT2D eigenvalue weighted by atomic mass is 15.1. The van der Waals surface area contributed by atoms with Crippen LogP contribution in [0.1, 0.15) is 42.4 Å². The molecule has 24 heavy (non-hydrogen) atoms. The predicted octanol–water partition coefficient (Wildman–Crippen LogP) is 4.45. The Bertz CT molecular complexity index is 653. The zero-order valence-corrected chi connectivity index (χ0v) is 15.1. The Hall–Kier alpha value is -1.87. The molecule has 1 saturated heterocycles. The second-order valence-corrected chi connectivity index (χ2v) is 7.29. The molecule has 0 radical (unpaired) electrons. The molecule has 1 N–H and O–H groups in total. The third kappa shape index (κ3) is 4.15. The van der Waals surface area contributed by atoms with Crippen LogP contribution in [0.4, 0.5) is 5.69 Å². The molecule has 0 bridgehead atoms. The smallest absolute Gasteiger partial charge is 0.0416 e. The van der Waals surface area contributed by atoms with Gasteiger partial charge in [0.15, 0.2) is 0 Å². The molecule has 1 aromatic heterocycles. The van der Waals surface area contributed by atoms with Crippen LogP contribution in [0.25, 0.3) is 0 Å². The van der Waals surface area contributed by atoms with Crippen LogP contribution >= 0.6 is 0 Å². The standard InChI is InChI=1S/C21H29N3/c1-16-8-9-21(23-14-18-7-4-10-22-13-18)19(12-16)20-15-24(3)11-5-6-17(20)2/h4,7-10,12-13,17,20,23H,5-6,11,14-15H2,1-3H3/t17?,20-/m1/s1. The summed E-state index contributed by atoms with van der Waals surface area (Å²) in [7, 11) is 2.25. The maximum Gasteiger partial charge on any atom is 0.0416 e. The van der Waals surface area contributed by atoms with Crippen molar-refractivity contribution in [3.63, 3.8) is 0 Å². The molecule has 1 fully saturated rings. The summed E-state index contributed by atoms with van der Waals surface area (Å²) in [6, 6.07) is 11.0. The number of hydrogen-bond acceptors (Lipinski definition) is 3. The van der Waals surface area contributed by atoms with Gasteiger partial charge in [0.05, 0.1) is 0 Å². The molecule has 3 nitrogen and oxygen atoms in total. The third-order valence-corrected chi connectivity index (χ3v) is 5.21. The molecule has 3 rings (SSSR count). The van der Waals surface area contributed by atoms with Gasteiger partial charge >= 0.3 is 0 Å². The van der Waals surface area contributed by atoms with Gasteiger partial charge in [0.25, 0.3) is 0 Å². The number of nitrogens with zero attached hydrogens (tertiary/aromatic N) is 2. The molecule has 3 heteroatoms. The summed E-state index contributed by atoms with van der Waals surface area (Å²) in [5, 5.41) is 3.65. The van der Waals surface area contributed by atoms with Crippen LogP contribution in [0.3, 0.4) is 0 Å². The molecule has 1 aromatic carbocycles. The van der Waals surface area contributed by atoms with Gasteiger partial charge in [-0.3, -0.25) is 4.98 Å². The van der Waals surface area contributed by atoms with E-state index in [-0.39, 0.29) is 0 Å². The minimum absolute atomic E-state index is 0.591. The Morgan fingerprint density at radius 3 is 2.96 bits per heavy atom. The van der Waals surface area contributed by atoms with E-state index in [4.69, 9.17) is 0 Å². The second-order valence-electron chi connectivity index (χ2n) is 7.29. The monoisotopic (exact) mass is 323 g/mol. The minimum Gasteiger partial charge on any atom is -0.381 e. The fraction of sp³-hybridized carbons (Fsp3) is 0.476. The number of aromatic nitrogens is 1. The minimum atomic E-state index is 0.591. The number of anilines is 1. The quantitative estimate of drug-likeness (QED) is 0.901. The first kappa shape index (κ1) is 17.0. The van der Waals surface area contributed by atoms with E-state index >= 15 is 0 Å². The van der Waals surface area contributed by atoms with Crippen molar-refractivity contribution < 1.29 is 0 Å². The molecular formula is C21H29N3. The Kier molecular flexibility index (Phi) is 5.52. The van der Waals surface area contributed by atoms with Gasteiger partial charge in [-0.15, -0.1) is 0 Å². The van der Waals surface area contributed by atoms with Gasteiger partial charge in [-0.05, 0) is 62.5 Å². The van der Waals surface area contributed by atoms with Crippen LogP contribution < -0.4 is 5.32 Å². The summed E-state index contributed by atoms with van der Waals surface area (Å²) in [5.41, 5.74) is 5.31. The van der Waals surface area contributed by atoms with Gasteiger partial charge in [0.1, 0.15) is 0 Å².